The molecule has 0 amide bonds. The summed E-state index contributed by atoms with van der Waals surface area (Å²) >= 11 is 0. The summed E-state index contributed by atoms with van der Waals surface area (Å²) in [5.74, 6) is 0.973. The standard InChI is InChI=1S/C19H27N3O4S/c1-5-11-22(12-6-2)15-7-10-19(20-14-15)21-27(23,24)18-9-8-16(25-3)13-17(18)26-4/h7-10,13-14H,5-6,11-12H2,1-4H3,(H,20,21). The molecular weight excluding hydrogens is 366 g/mol. The van der Waals surface area contributed by atoms with Crippen molar-refractivity contribution < 1.29 is 17.9 Å². The van der Waals surface area contributed by atoms with Gasteiger partial charge < -0.3 is 14.4 Å². The number of benzene rings is 1. The molecule has 0 bridgehead atoms. The number of rotatable bonds is 10. The monoisotopic (exact) mass is 393 g/mol. The number of nitrogens with one attached hydrogen (secondary N) is 1. The molecule has 0 unspecified atom stereocenters. The van der Waals surface area contributed by atoms with Gasteiger partial charge in [-0.05, 0) is 37.1 Å². The molecule has 1 N–H and O–H groups in total. The van der Waals surface area contributed by atoms with Crippen molar-refractivity contribution in [2.24, 2.45) is 0 Å². The van der Waals surface area contributed by atoms with Gasteiger partial charge >= 0.3 is 0 Å². The normalized spacial score (nSPS) is 11.1. The smallest absolute Gasteiger partial charge is 0.266 e. The molecule has 0 saturated heterocycles. The molecule has 8 heteroatoms. The van der Waals surface area contributed by atoms with E-state index in [1.165, 1.54) is 26.4 Å². The summed E-state index contributed by atoms with van der Waals surface area (Å²) in [5, 5.41) is 0. The summed E-state index contributed by atoms with van der Waals surface area (Å²) in [6.45, 7) is 6.12. The van der Waals surface area contributed by atoms with Crippen molar-refractivity contribution in [2.45, 2.75) is 31.6 Å². The number of hydrogen-bond donors (Lipinski definition) is 1. The van der Waals surface area contributed by atoms with Gasteiger partial charge in [0.1, 0.15) is 22.2 Å². The number of sulfonamides is 1. The van der Waals surface area contributed by atoms with Gasteiger partial charge in [-0.3, -0.25) is 4.72 Å². The molecule has 1 aromatic heterocycles. The molecule has 27 heavy (non-hydrogen) atoms. The average Bonchev–Trinajstić information content (AvgIpc) is 2.67. The van der Waals surface area contributed by atoms with E-state index in [4.69, 9.17) is 9.47 Å². The van der Waals surface area contributed by atoms with E-state index in [1.807, 2.05) is 6.07 Å². The number of hydrogen-bond acceptors (Lipinski definition) is 6. The highest BCUT2D eigenvalue weighted by atomic mass is 32.2. The lowest BCUT2D eigenvalue weighted by Gasteiger charge is -2.23. The van der Waals surface area contributed by atoms with Gasteiger partial charge in [-0.15, -0.1) is 0 Å². The van der Waals surface area contributed by atoms with Crippen LogP contribution in [0.15, 0.2) is 41.4 Å². The predicted octanol–water partition coefficient (Wildman–Crippen LogP) is 3.53. The molecule has 0 spiro atoms. The van der Waals surface area contributed by atoms with Crippen LogP contribution in [0.5, 0.6) is 11.5 Å². The largest absolute Gasteiger partial charge is 0.497 e. The third kappa shape index (κ3) is 5.26. The molecule has 2 aromatic rings. The first-order valence-electron chi connectivity index (χ1n) is 8.91. The van der Waals surface area contributed by atoms with E-state index in [0.29, 0.717) is 5.75 Å². The molecule has 0 fully saturated rings. The van der Waals surface area contributed by atoms with Gasteiger partial charge in [-0.25, -0.2) is 13.4 Å². The molecule has 7 nitrogen and oxygen atoms in total. The van der Waals surface area contributed by atoms with Crippen LogP contribution in [0, 0.1) is 0 Å². The van der Waals surface area contributed by atoms with E-state index in [-0.39, 0.29) is 16.5 Å². The molecule has 1 heterocycles. The van der Waals surface area contributed by atoms with E-state index in [0.717, 1.165) is 31.6 Å². The molecule has 0 aliphatic carbocycles. The SMILES string of the molecule is CCCN(CCC)c1ccc(NS(=O)(=O)c2ccc(OC)cc2OC)nc1. The number of ether oxygens (including phenoxy) is 2. The van der Waals surface area contributed by atoms with Gasteiger partial charge in [0.2, 0.25) is 0 Å². The number of pyridine rings is 1. The van der Waals surface area contributed by atoms with E-state index in [1.54, 1.807) is 18.3 Å². The van der Waals surface area contributed by atoms with Gasteiger partial charge in [0.15, 0.2) is 0 Å². The van der Waals surface area contributed by atoms with Crippen LogP contribution in [0.25, 0.3) is 0 Å². The Balaban J connectivity index is 2.23. The van der Waals surface area contributed by atoms with Crippen molar-refractivity contribution in [3.63, 3.8) is 0 Å². The Morgan fingerprint density at radius 2 is 1.74 bits per heavy atom. The van der Waals surface area contributed by atoms with Gasteiger partial charge in [-0.1, -0.05) is 13.8 Å². The summed E-state index contributed by atoms with van der Waals surface area (Å²) in [6.07, 6.45) is 3.76. The zero-order valence-corrected chi connectivity index (χ0v) is 17.0. The Morgan fingerprint density at radius 1 is 1.04 bits per heavy atom. The van der Waals surface area contributed by atoms with Crippen molar-refractivity contribution in [2.75, 3.05) is 36.9 Å². The first-order chi connectivity index (χ1) is 12.9. The predicted molar refractivity (Wildman–Crippen MR) is 107 cm³/mol. The van der Waals surface area contributed by atoms with Crippen LogP contribution in [0.4, 0.5) is 11.5 Å². The number of nitrogens with zero attached hydrogens (tertiary/aromatic N) is 2. The van der Waals surface area contributed by atoms with Crippen molar-refractivity contribution in [3.8, 4) is 11.5 Å². The summed E-state index contributed by atoms with van der Waals surface area (Å²) in [4.78, 5) is 6.52. The number of anilines is 2. The molecule has 0 radical (unpaired) electrons. The molecule has 148 valence electrons. The Bertz CT molecular complexity index is 833. The quantitative estimate of drug-likeness (QED) is 0.665. The Kier molecular flexibility index (Phi) is 7.29. The van der Waals surface area contributed by atoms with Gasteiger partial charge in [-0.2, -0.15) is 0 Å². The molecule has 0 aliphatic heterocycles. The second-order valence-corrected chi connectivity index (χ2v) is 7.66. The Morgan fingerprint density at radius 3 is 2.26 bits per heavy atom. The number of methoxy groups -OCH3 is 2. The highest BCUT2D eigenvalue weighted by Gasteiger charge is 2.21. The minimum absolute atomic E-state index is 0.0234. The lowest BCUT2D eigenvalue weighted by atomic mass is 10.3. The second kappa shape index (κ2) is 9.45. The molecule has 0 aliphatic rings. The zero-order valence-electron chi connectivity index (χ0n) is 16.2. The highest BCUT2D eigenvalue weighted by molar-refractivity contribution is 7.92. The minimum atomic E-state index is -3.84. The Labute approximate surface area is 161 Å². The average molecular weight is 394 g/mol. The fraction of sp³-hybridized carbons (Fsp3) is 0.421. The van der Waals surface area contributed by atoms with Crippen LogP contribution in [-0.4, -0.2) is 40.7 Å². The maximum absolute atomic E-state index is 12.7. The molecule has 2 rings (SSSR count). The van der Waals surface area contributed by atoms with Crippen LogP contribution in [0.2, 0.25) is 0 Å². The summed E-state index contributed by atoms with van der Waals surface area (Å²) in [6, 6.07) is 8.08. The summed E-state index contributed by atoms with van der Waals surface area (Å²) < 4.78 is 38.2. The van der Waals surface area contributed by atoms with Gasteiger partial charge in [0.05, 0.1) is 26.1 Å². The first-order valence-corrected chi connectivity index (χ1v) is 10.4. The third-order valence-corrected chi connectivity index (χ3v) is 5.39. The third-order valence-electron chi connectivity index (χ3n) is 4.00. The van der Waals surface area contributed by atoms with E-state index >= 15 is 0 Å². The first kappa shape index (κ1) is 20.8. The number of aromatic nitrogens is 1. The van der Waals surface area contributed by atoms with Crippen LogP contribution < -0.4 is 19.1 Å². The second-order valence-electron chi connectivity index (χ2n) is 6.01. The van der Waals surface area contributed by atoms with Crippen molar-refractivity contribution in [1.29, 1.82) is 0 Å². The van der Waals surface area contributed by atoms with Crippen LogP contribution in [0.1, 0.15) is 26.7 Å². The van der Waals surface area contributed by atoms with E-state index < -0.39 is 10.0 Å². The highest BCUT2D eigenvalue weighted by Crippen LogP contribution is 2.29. The lowest BCUT2D eigenvalue weighted by Crippen LogP contribution is -2.25. The van der Waals surface area contributed by atoms with Crippen LogP contribution in [-0.2, 0) is 10.0 Å². The molecule has 0 atom stereocenters. The van der Waals surface area contributed by atoms with E-state index in [2.05, 4.69) is 28.5 Å². The zero-order chi connectivity index (χ0) is 19.9. The fourth-order valence-electron chi connectivity index (χ4n) is 2.73. The fourth-order valence-corrected chi connectivity index (χ4v) is 3.89. The Hall–Kier alpha value is -2.48. The maximum atomic E-state index is 12.7. The van der Waals surface area contributed by atoms with Gasteiger partial charge in [0.25, 0.3) is 10.0 Å². The minimum Gasteiger partial charge on any atom is -0.497 e. The van der Waals surface area contributed by atoms with Crippen molar-refractivity contribution >= 4 is 21.5 Å². The topological polar surface area (TPSA) is 80.8 Å². The molecule has 0 saturated carbocycles. The van der Waals surface area contributed by atoms with Gasteiger partial charge in [0, 0.05) is 19.2 Å². The lowest BCUT2D eigenvalue weighted by molar-refractivity contribution is 0.386. The van der Waals surface area contributed by atoms with E-state index in [9.17, 15) is 8.42 Å². The van der Waals surface area contributed by atoms with Crippen LogP contribution >= 0.6 is 0 Å². The summed E-state index contributed by atoms with van der Waals surface area (Å²) in [7, 11) is -0.921. The summed E-state index contributed by atoms with van der Waals surface area (Å²) in [5.41, 5.74) is 0.976. The maximum Gasteiger partial charge on any atom is 0.266 e. The molecular formula is C19H27N3O4S. The van der Waals surface area contributed by atoms with Crippen LogP contribution in [0.3, 0.4) is 0 Å². The molecule has 1 aromatic carbocycles. The van der Waals surface area contributed by atoms with Crippen molar-refractivity contribution in [3.05, 3.63) is 36.5 Å². The van der Waals surface area contributed by atoms with Crippen molar-refractivity contribution in [1.82, 2.24) is 4.98 Å².